The Labute approximate surface area is 152 Å². The highest BCUT2D eigenvalue weighted by atomic mass is 19.1. The molecule has 134 valence electrons. The van der Waals surface area contributed by atoms with Crippen molar-refractivity contribution in [1.29, 1.82) is 0 Å². The second-order valence-electron chi connectivity index (χ2n) is 7.17. The highest BCUT2D eigenvalue weighted by Gasteiger charge is 2.49. The summed E-state index contributed by atoms with van der Waals surface area (Å²) in [5.74, 6) is 0.158. The standard InChI is InChI=1S/C21H21FN2O2/c1-14(25)24-12-17-11-23(21(26)16-7-9-18(22)10-8-16)13-19(17)20(24)15-5-3-2-4-6-15/h2-10,17,19-20H,11-13H2,1H3/t17-,19-,20+/m1/s1. The fraction of sp³-hybridized carbons (Fsp3) is 0.333. The van der Waals surface area contributed by atoms with E-state index in [1.54, 1.807) is 6.92 Å². The third-order valence-electron chi connectivity index (χ3n) is 5.59. The van der Waals surface area contributed by atoms with E-state index in [0.29, 0.717) is 25.2 Å². The Kier molecular flexibility index (Phi) is 4.23. The van der Waals surface area contributed by atoms with Crippen LogP contribution in [-0.2, 0) is 4.79 Å². The molecule has 2 fully saturated rings. The fourth-order valence-electron chi connectivity index (χ4n) is 4.39. The number of benzene rings is 2. The Morgan fingerprint density at radius 3 is 2.31 bits per heavy atom. The van der Waals surface area contributed by atoms with Gasteiger partial charge < -0.3 is 9.80 Å². The molecule has 3 atom stereocenters. The number of halogens is 1. The average Bonchev–Trinajstić information content (AvgIpc) is 3.20. The Balaban J connectivity index is 1.57. The van der Waals surface area contributed by atoms with Gasteiger partial charge in [0.1, 0.15) is 5.82 Å². The second-order valence-corrected chi connectivity index (χ2v) is 7.17. The molecule has 0 aliphatic carbocycles. The van der Waals surface area contributed by atoms with Crippen LogP contribution < -0.4 is 0 Å². The lowest BCUT2D eigenvalue weighted by Gasteiger charge is -2.29. The van der Waals surface area contributed by atoms with Crippen LogP contribution in [-0.4, -0.2) is 41.2 Å². The number of amides is 2. The first-order valence-electron chi connectivity index (χ1n) is 8.91. The van der Waals surface area contributed by atoms with E-state index in [0.717, 1.165) is 5.56 Å². The number of fused-ring (bicyclic) bond motifs is 1. The summed E-state index contributed by atoms with van der Waals surface area (Å²) < 4.78 is 13.1. The molecule has 0 saturated carbocycles. The lowest BCUT2D eigenvalue weighted by Crippen LogP contribution is -2.36. The van der Waals surface area contributed by atoms with Gasteiger partial charge in [-0.15, -0.1) is 0 Å². The highest BCUT2D eigenvalue weighted by molar-refractivity contribution is 5.94. The number of rotatable bonds is 2. The molecule has 26 heavy (non-hydrogen) atoms. The monoisotopic (exact) mass is 352 g/mol. The molecule has 2 aliphatic rings. The number of carbonyl (C=O) groups excluding carboxylic acids is 2. The van der Waals surface area contributed by atoms with Crippen molar-refractivity contribution in [2.45, 2.75) is 13.0 Å². The van der Waals surface area contributed by atoms with Gasteiger partial charge in [0.2, 0.25) is 5.91 Å². The Morgan fingerprint density at radius 1 is 0.962 bits per heavy atom. The van der Waals surface area contributed by atoms with E-state index >= 15 is 0 Å². The van der Waals surface area contributed by atoms with Gasteiger partial charge in [-0.1, -0.05) is 30.3 Å². The van der Waals surface area contributed by atoms with Crippen LogP contribution >= 0.6 is 0 Å². The van der Waals surface area contributed by atoms with Crippen LogP contribution in [0, 0.1) is 17.7 Å². The summed E-state index contributed by atoms with van der Waals surface area (Å²) in [7, 11) is 0. The van der Waals surface area contributed by atoms with Crippen molar-refractivity contribution in [3.05, 3.63) is 71.5 Å². The number of nitrogens with zero attached hydrogens (tertiary/aromatic N) is 2. The minimum absolute atomic E-state index is 0.00437. The van der Waals surface area contributed by atoms with Crippen molar-refractivity contribution >= 4 is 11.8 Å². The van der Waals surface area contributed by atoms with E-state index in [1.165, 1.54) is 24.3 Å². The molecule has 2 aromatic rings. The summed E-state index contributed by atoms with van der Waals surface area (Å²) in [6.45, 7) is 3.53. The molecule has 0 unspecified atom stereocenters. The van der Waals surface area contributed by atoms with E-state index in [2.05, 4.69) is 0 Å². The van der Waals surface area contributed by atoms with Gasteiger partial charge in [0, 0.05) is 44.0 Å². The first kappa shape index (κ1) is 16.8. The molecule has 0 aromatic heterocycles. The lowest BCUT2D eigenvalue weighted by molar-refractivity contribution is -0.130. The molecule has 2 aliphatic heterocycles. The van der Waals surface area contributed by atoms with E-state index in [9.17, 15) is 14.0 Å². The van der Waals surface area contributed by atoms with Gasteiger partial charge in [0.05, 0.1) is 6.04 Å². The smallest absolute Gasteiger partial charge is 0.253 e. The van der Waals surface area contributed by atoms with Gasteiger partial charge in [-0.3, -0.25) is 9.59 Å². The summed E-state index contributed by atoms with van der Waals surface area (Å²) >= 11 is 0. The molecule has 2 amide bonds. The van der Waals surface area contributed by atoms with E-state index in [1.807, 2.05) is 40.1 Å². The van der Waals surface area contributed by atoms with E-state index in [4.69, 9.17) is 0 Å². The molecule has 5 heteroatoms. The lowest BCUT2D eigenvalue weighted by atomic mass is 9.89. The molecule has 2 aromatic carbocycles. The summed E-state index contributed by atoms with van der Waals surface area (Å²) in [5, 5.41) is 0. The van der Waals surface area contributed by atoms with Crippen molar-refractivity contribution in [2.75, 3.05) is 19.6 Å². The predicted octanol–water partition coefficient (Wildman–Crippen LogP) is 3.12. The Hall–Kier alpha value is -2.69. The third kappa shape index (κ3) is 2.87. The van der Waals surface area contributed by atoms with Crippen LogP contribution in [0.1, 0.15) is 28.9 Å². The van der Waals surface area contributed by atoms with Crippen molar-refractivity contribution in [3.63, 3.8) is 0 Å². The maximum atomic E-state index is 13.1. The minimum atomic E-state index is -0.346. The maximum absolute atomic E-state index is 13.1. The average molecular weight is 352 g/mol. The molecule has 4 rings (SSSR count). The summed E-state index contributed by atoms with van der Waals surface area (Å²) in [5.41, 5.74) is 1.62. The molecular weight excluding hydrogens is 331 g/mol. The molecule has 4 nitrogen and oxygen atoms in total. The zero-order valence-corrected chi connectivity index (χ0v) is 14.6. The maximum Gasteiger partial charge on any atom is 0.253 e. The van der Waals surface area contributed by atoms with Gasteiger partial charge in [-0.25, -0.2) is 4.39 Å². The first-order valence-corrected chi connectivity index (χ1v) is 8.91. The third-order valence-corrected chi connectivity index (χ3v) is 5.59. The topological polar surface area (TPSA) is 40.6 Å². The van der Waals surface area contributed by atoms with Crippen LogP contribution in [0.5, 0.6) is 0 Å². The minimum Gasteiger partial charge on any atom is -0.338 e. The SMILES string of the molecule is CC(=O)N1C[C@H]2CN(C(=O)c3ccc(F)cc3)C[C@H]2[C@@H]1c1ccccc1. The number of hydrogen-bond acceptors (Lipinski definition) is 2. The van der Waals surface area contributed by atoms with E-state index in [-0.39, 0.29) is 35.5 Å². The van der Waals surface area contributed by atoms with Crippen molar-refractivity contribution in [3.8, 4) is 0 Å². The van der Waals surface area contributed by atoms with Gasteiger partial charge >= 0.3 is 0 Å². The largest absolute Gasteiger partial charge is 0.338 e. The highest BCUT2D eigenvalue weighted by Crippen LogP contribution is 2.45. The Bertz CT molecular complexity index is 822. The zero-order chi connectivity index (χ0) is 18.3. The van der Waals surface area contributed by atoms with Gasteiger partial charge in [-0.2, -0.15) is 0 Å². The first-order chi connectivity index (χ1) is 12.5. The van der Waals surface area contributed by atoms with Crippen LogP contribution in [0.25, 0.3) is 0 Å². The van der Waals surface area contributed by atoms with Crippen molar-refractivity contribution < 1.29 is 14.0 Å². The van der Waals surface area contributed by atoms with E-state index < -0.39 is 0 Å². The molecule has 2 heterocycles. The molecule has 0 N–H and O–H groups in total. The fourth-order valence-corrected chi connectivity index (χ4v) is 4.39. The van der Waals surface area contributed by atoms with Crippen LogP contribution in [0.2, 0.25) is 0 Å². The molecule has 2 saturated heterocycles. The zero-order valence-electron chi connectivity index (χ0n) is 14.6. The van der Waals surface area contributed by atoms with Gasteiger partial charge in [0.25, 0.3) is 5.91 Å². The van der Waals surface area contributed by atoms with Crippen LogP contribution in [0.3, 0.4) is 0 Å². The number of carbonyl (C=O) groups is 2. The normalized spacial score (nSPS) is 24.6. The summed E-state index contributed by atoms with van der Waals surface area (Å²) in [6, 6.07) is 15.7. The predicted molar refractivity (Wildman–Crippen MR) is 95.9 cm³/mol. The molecule has 0 spiro atoms. The summed E-state index contributed by atoms with van der Waals surface area (Å²) in [4.78, 5) is 28.7. The molecule has 0 bridgehead atoms. The van der Waals surface area contributed by atoms with Crippen molar-refractivity contribution in [2.24, 2.45) is 11.8 Å². The molecule has 0 radical (unpaired) electrons. The van der Waals surface area contributed by atoms with Gasteiger partial charge in [-0.05, 0) is 29.8 Å². The van der Waals surface area contributed by atoms with Crippen LogP contribution in [0.15, 0.2) is 54.6 Å². The van der Waals surface area contributed by atoms with Crippen molar-refractivity contribution in [1.82, 2.24) is 9.80 Å². The van der Waals surface area contributed by atoms with Gasteiger partial charge in [0.15, 0.2) is 0 Å². The Morgan fingerprint density at radius 2 is 1.65 bits per heavy atom. The number of hydrogen-bond donors (Lipinski definition) is 0. The number of likely N-dealkylation sites (tertiary alicyclic amines) is 2. The van der Waals surface area contributed by atoms with Crippen LogP contribution in [0.4, 0.5) is 4.39 Å². The quantitative estimate of drug-likeness (QED) is 0.833. The summed E-state index contributed by atoms with van der Waals surface area (Å²) in [6.07, 6.45) is 0. The second kappa shape index (κ2) is 6.56. The molecular formula is C21H21FN2O2.